The number of imidazole rings is 1. The summed E-state index contributed by atoms with van der Waals surface area (Å²) in [5.74, 6) is 1.84. The molecule has 0 saturated heterocycles. The average Bonchev–Trinajstić information content (AvgIpc) is 3.80. The first kappa shape index (κ1) is 38.4. The van der Waals surface area contributed by atoms with Crippen molar-refractivity contribution in [2.45, 2.75) is 0 Å². The van der Waals surface area contributed by atoms with Crippen LogP contribution < -0.4 is 0 Å². The lowest BCUT2D eigenvalue weighted by atomic mass is 9.96. The smallest absolute Gasteiger partial charge is 0.164 e. The number of nitrogens with zero attached hydrogens (tertiary/aromatic N) is 5. The predicted molar refractivity (Wildman–Crippen MR) is 277 cm³/mol. The third-order valence-corrected chi connectivity index (χ3v) is 13.0. The summed E-state index contributed by atoms with van der Waals surface area (Å²) in [5, 5.41) is 9.16. The molecule has 0 spiro atoms. The van der Waals surface area contributed by atoms with Gasteiger partial charge in [0, 0.05) is 39.6 Å². The van der Waals surface area contributed by atoms with Crippen LogP contribution in [0.3, 0.4) is 0 Å². The number of fused-ring (bicyclic) bond motifs is 7. The monoisotopic (exact) mass is 853 g/mol. The molecule has 0 unspecified atom stereocenters. The van der Waals surface area contributed by atoms with E-state index < -0.39 is 0 Å². The number of pyridine rings is 1. The summed E-state index contributed by atoms with van der Waals surface area (Å²) in [6.07, 6.45) is 2.23. The van der Waals surface area contributed by atoms with Crippen molar-refractivity contribution in [3.63, 3.8) is 0 Å². The lowest BCUT2D eigenvalue weighted by Gasteiger charge is -2.14. The van der Waals surface area contributed by atoms with E-state index in [1.54, 1.807) is 0 Å². The first-order valence-corrected chi connectivity index (χ1v) is 22.6. The Morgan fingerprint density at radius 3 is 1.25 bits per heavy atom. The van der Waals surface area contributed by atoms with Crippen LogP contribution in [0.4, 0.5) is 0 Å². The second-order valence-corrected chi connectivity index (χ2v) is 17.0. The molecule has 13 aromatic rings. The Morgan fingerprint density at radius 2 is 0.701 bits per heavy atom. The van der Waals surface area contributed by atoms with E-state index in [0.29, 0.717) is 17.5 Å². The third-order valence-electron chi connectivity index (χ3n) is 13.0. The summed E-state index contributed by atoms with van der Waals surface area (Å²) >= 11 is 0. The quantitative estimate of drug-likeness (QED) is 0.150. The Kier molecular flexibility index (Phi) is 9.10. The van der Waals surface area contributed by atoms with E-state index in [1.807, 2.05) is 0 Å². The van der Waals surface area contributed by atoms with Crippen molar-refractivity contribution in [1.29, 1.82) is 0 Å². The molecule has 0 fully saturated rings. The Morgan fingerprint density at radius 1 is 0.269 bits per heavy atom. The molecule has 0 aliphatic rings. The van der Waals surface area contributed by atoms with Gasteiger partial charge < -0.3 is 0 Å². The summed E-state index contributed by atoms with van der Waals surface area (Å²) in [6, 6.07) is 81.2. The molecule has 0 aliphatic heterocycles. The van der Waals surface area contributed by atoms with Crippen LogP contribution in [0, 0.1) is 0 Å². The van der Waals surface area contributed by atoms with Gasteiger partial charge in [-0.25, -0.2) is 19.9 Å². The minimum Gasteiger partial charge on any atom is -0.298 e. The lowest BCUT2D eigenvalue weighted by molar-refractivity contribution is 1.08. The maximum Gasteiger partial charge on any atom is 0.164 e. The molecular weight excluding hydrogens is 815 g/mol. The highest BCUT2D eigenvalue weighted by atomic mass is 15.0. The fourth-order valence-electron chi connectivity index (χ4n) is 9.84. The van der Waals surface area contributed by atoms with Crippen molar-refractivity contribution < 1.29 is 0 Å². The molecule has 0 bridgehead atoms. The summed E-state index contributed by atoms with van der Waals surface area (Å²) in [4.78, 5) is 21.6. The van der Waals surface area contributed by atoms with Gasteiger partial charge in [0.05, 0.1) is 11.4 Å². The van der Waals surface area contributed by atoms with Crippen LogP contribution in [0.15, 0.2) is 237 Å². The first-order valence-electron chi connectivity index (χ1n) is 22.6. The normalized spacial score (nSPS) is 11.6. The number of hydrogen-bond acceptors (Lipinski definition) is 4. The highest BCUT2D eigenvalue weighted by Gasteiger charge is 2.22. The average molecular weight is 854 g/mol. The molecule has 67 heavy (non-hydrogen) atoms. The second kappa shape index (κ2) is 15.9. The van der Waals surface area contributed by atoms with Crippen molar-refractivity contribution in [2.75, 3.05) is 0 Å². The van der Waals surface area contributed by atoms with Gasteiger partial charge in [0.2, 0.25) is 0 Å². The van der Waals surface area contributed by atoms with E-state index >= 15 is 0 Å². The zero-order valence-corrected chi connectivity index (χ0v) is 36.3. The molecule has 0 N–H and O–H groups in total. The zero-order valence-electron chi connectivity index (χ0n) is 36.3. The zero-order chi connectivity index (χ0) is 44.3. The van der Waals surface area contributed by atoms with E-state index in [0.717, 1.165) is 99.4 Å². The SMILES string of the molecule is c1ccc(-c2cc(-c3ccccc3)c3nc(-c4ccccc4)c(-c4ccc(-c5nc(-c6cc7ccccc7c7ccccc67)nc(-c6cc7ccccc7c7ccccc67)n5)cc4)n3c2)cc1. The summed E-state index contributed by atoms with van der Waals surface area (Å²) in [6.45, 7) is 0. The molecule has 5 heteroatoms. The molecule has 3 heterocycles. The molecule has 0 amide bonds. The van der Waals surface area contributed by atoms with Gasteiger partial charge in [-0.2, -0.15) is 0 Å². The Balaban J connectivity index is 1.04. The Hall–Kier alpha value is -9.06. The fourth-order valence-corrected chi connectivity index (χ4v) is 9.84. The van der Waals surface area contributed by atoms with Crippen LogP contribution in [-0.4, -0.2) is 24.3 Å². The Labute approximate surface area is 387 Å². The first-order chi connectivity index (χ1) is 33.2. The van der Waals surface area contributed by atoms with Crippen LogP contribution in [0.25, 0.3) is 128 Å². The standard InChI is InChI=1S/C62H39N5/c1-4-18-40(19-5-1)47-38-54(41-20-6-2-7-21-41)62-63-57(42-22-8-3-9-23-42)58(67(62)39-47)43-32-34-44(35-33-43)59-64-60(55-36-45-24-10-12-26-48(45)50-28-14-16-30-52(50)55)66-61(65-59)56-37-46-25-11-13-27-49(46)51-29-15-17-31-53(51)56/h1-39H. The molecule has 0 saturated carbocycles. The maximum atomic E-state index is 5.46. The van der Waals surface area contributed by atoms with Crippen molar-refractivity contribution in [2.24, 2.45) is 0 Å². The summed E-state index contributed by atoms with van der Waals surface area (Å²) < 4.78 is 2.27. The number of hydrogen-bond donors (Lipinski definition) is 0. The molecule has 10 aromatic carbocycles. The second-order valence-electron chi connectivity index (χ2n) is 17.0. The molecule has 0 atom stereocenters. The van der Waals surface area contributed by atoms with Gasteiger partial charge in [-0.1, -0.05) is 212 Å². The molecule has 0 aliphatic carbocycles. The van der Waals surface area contributed by atoms with Crippen molar-refractivity contribution in [3.05, 3.63) is 237 Å². The van der Waals surface area contributed by atoms with Crippen molar-refractivity contribution in [3.8, 4) is 78.9 Å². The highest BCUT2D eigenvalue weighted by Crippen LogP contribution is 2.41. The van der Waals surface area contributed by atoms with Gasteiger partial charge in [-0.05, 0) is 78.0 Å². The van der Waals surface area contributed by atoms with E-state index in [2.05, 4.69) is 241 Å². The minimum absolute atomic E-state index is 0.597. The molecule has 312 valence electrons. The summed E-state index contributed by atoms with van der Waals surface area (Å²) in [5.41, 5.74) is 12.1. The number of benzene rings is 10. The fraction of sp³-hybridized carbons (Fsp3) is 0. The van der Waals surface area contributed by atoms with Crippen molar-refractivity contribution >= 4 is 48.7 Å². The van der Waals surface area contributed by atoms with Crippen LogP contribution in [0.5, 0.6) is 0 Å². The van der Waals surface area contributed by atoms with Crippen LogP contribution in [0.1, 0.15) is 0 Å². The van der Waals surface area contributed by atoms with Gasteiger partial charge >= 0.3 is 0 Å². The van der Waals surface area contributed by atoms with Crippen molar-refractivity contribution in [1.82, 2.24) is 24.3 Å². The molecule has 5 nitrogen and oxygen atoms in total. The molecule has 3 aromatic heterocycles. The van der Waals surface area contributed by atoms with Crippen LogP contribution in [-0.2, 0) is 0 Å². The van der Waals surface area contributed by atoms with E-state index in [1.165, 1.54) is 10.8 Å². The van der Waals surface area contributed by atoms with Gasteiger partial charge in [-0.15, -0.1) is 0 Å². The van der Waals surface area contributed by atoms with E-state index in [4.69, 9.17) is 19.9 Å². The molecular formula is C62H39N5. The van der Waals surface area contributed by atoms with E-state index in [9.17, 15) is 0 Å². The third kappa shape index (κ3) is 6.64. The maximum absolute atomic E-state index is 5.46. The van der Waals surface area contributed by atoms with Gasteiger partial charge in [-0.3, -0.25) is 4.40 Å². The topological polar surface area (TPSA) is 56.0 Å². The van der Waals surface area contributed by atoms with Gasteiger partial charge in [0.15, 0.2) is 17.5 Å². The lowest BCUT2D eigenvalue weighted by Crippen LogP contribution is -2.01. The van der Waals surface area contributed by atoms with Crippen LogP contribution >= 0.6 is 0 Å². The van der Waals surface area contributed by atoms with Gasteiger partial charge in [0.25, 0.3) is 0 Å². The number of aromatic nitrogens is 5. The van der Waals surface area contributed by atoms with Gasteiger partial charge in [0.1, 0.15) is 5.65 Å². The van der Waals surface area contributed by atoms with E-state index in [-0.39, 0.29) is 0 Å². The Bertz CT molecular complexity index is 3870. The van der Waals surface area contributed by atoms with Crippen LogP contribution in [0.2, 0.25) is 0 Å². The number of rotatable bonds is 7. The predicted octanol–water partition coefficient (Wildman–Crippen LogP) is 15.8. The summed E-state index contributed by atoms with van der Waals surface area (Å²) in [7, 11) is 0. The minimum atomic E-state index is 0.597. The largest absolute Gasteiger partial charge is 0.298 e. The molecule has 13 rings (SSSR count). The highest BCUT2D eigenvalue weighted by molar-refractivity contribution is 6.15. The molecule has 0 radical (unpaired) electrons.